The lowest BCUT2D eigenvalue weighted by Gasteiger charge is -2.39. The number of nitrogens with zero attached hydrogens (tertiary/aromatic N) is 4. The third-order valence-electron chi connectivity index (χ3n) is 3.21. The van der Waals surface area contributed by atoms with Crippen molar-refractivity contribution < 1.29 is 0 Å². The number of nitrogens with one attached hydrogen (secondary N) is 2. The minimum absolute atomic E-state index is 0.285. The summed E-state index contributed by atoms with van der Waals surface area (Å²) in [6.07, 6.45) is 5.07. The van der Waals surface area contributed by atoms with Gasteiger partial charge in [-0.25, -0.2) is 4.98 Å². The molecule has 0 radical (unpaired) electrons. The Hall–Kier alpha value is -1.50. The minimum Gasteiger partial charge on any atom is -0.367 e. The topological polar surface area (TPSA) is 65.4 Å². The molecule has 1 fully saturated rings. The molecule has 1 aromatic heterocycles. The Labute approximate surface area is 130 Å². The van der Waals surface area contributed by atoms with E-state index in [4.69, 9.17) is 0 Å². The van der Waals surface area contributed by atoms with E-state index in [1.165, 1.54) is 0 Å². The van der Waals surface area contributed by atoms with Crippen molar-refractivity contribution in [3.8, 4) is 0 Å². The van der Waals surface area contributed by atoms with Crippen molar-refractivity contribution in [2.75, 3.05) is 44.3 Å². The lowest BCUT2D eigenvalue weighted by atomic mass is 10.2. The highest BCUT2D eigenvalue weighted by Gasteiger charge is 2.28. The summed E-state index contributed by atoms with van der Waals surface area (Å²) in [4.78, 5) is 14.9. The normalized spacial score (nSPS) is 18.4. The van der Waals surface area contributed by atoms with Crippen molar-refractivity contribution in [1.82, 2.24) is 20.2 Å². The highest BCUT2D eigenvalue weighted by Crippen LogP contribution is 2.29. The number of aliphatic imine (C=N–C) groups is 1. The molecule has 0 saturated carbocycles. The fraction of sp³-hybridized carbons (Fsp3) is 0.643. The number of hydrogen-bond donors (Lipinski definition) is 2. The van der Waals surface area contributed by atoms with Crippen molar-refractivity contribution in [3.05, 3.63) is 18.6 Å². The third kappa shape index (κ3) is 5.08. The first kappa shape index (κ1) is 15.9. The van der Waals surface area contributed by atoms with Gasteiger partial charge in [0.05, 0.1) is 6.20 Å². The standard InChI is InChI=1S/C14H24N6S/c1-14(2)11-20(8-9-21-14)13(15-3)19-7-6-18-12-10-16-4-5-17-12/h4-5,10H,6-9,11H2,1-3H3,(H,15,19)(H,17,18). The second-order valence-electron chi connectivity index (χ2n) is 5.52. The quantitative estimate of drug-likeness (QED) is 0.496. The van der Waals surface area contributed by atoms with E-state index in [-0.39, 0.29) is 4.75 Å². The Morgan fingerprint density at radius 2 is 2.29 bits per heavy atom. The van der Waals surface area contributed by atoms with Gasteiger partial charge in [-0.1, -0.05) is 0 Å². The number of thioether (sulfide) groups is 1. The zero-order chi connectivity index (χ0) is 15.1. The van der Waals surface area contributed by atoms with Gasteiger partial charge >= 0.3 is 0 Å². The number of hydrogen-bond acceptors (Lipinski definition) is 5. The summed E-state index contributed by atoms with van der Waals surface area (Å²) >= 11 is 2.03. The van der Waals surface area contributed by atoms with Crippen molar-refractivity contribution in [3.63, 3.8) is 0 Å². The fourth-order valence-electron chi connectivity index (χ4n) is 2.28. The lowest BCUT2D eigenvalue weighted by molar-refractivity contribution is 0.376. The van der Waals surface area contributed by atoms with Crippen molar-refractivity contribution in [1.29, 1.82) is 0 Å². The van der Waals surface area contributed by atoms with Crippen LogP contribution in [0.5, 0.6) is 0 Å². The molecule has 0 aliphatic carbocycles. The van der Waals surface area contributed by atoms with Gasteiger partial charge in [0.25, 0.3) is 0 Å². The molecule has 2 heterocycles. The van der Waals surface area contributed by atoms with Gasteiger partial charge in [-0.15, -0.1) is 0 Å². The van der Waals surface area contributed by atoms with Crippen LogP contribution in [0, 0.1) is 0 Å². The first-order valence-corrected chi connectivity index (χ1v) is 8.19. The summed E-state index contributed by atoms with van der Waals surface area (Å²) in [6, 6.07) is 0. The maximum absolute atomic E-state index is 4.39. The predicted octanol–water partition coefficient (Wildman–Crippen LogP) is 1.29. The molecule has 2 N–H and O–H groups in total. The maximum atomic E-state index is 4.39. The van der Waals surface area contributed by atoms with Crippen LogP contribution >= 0.6 is 11.8 Å². The zero-order valence-electron chi connectivity index (χ0n) is 13.0. The van der Waals surface area contributed by atoms with E-state index in [2.05, 4.69) is 44.3 Å². The highest BCUT2D eigenvalue weighted by atomic mass is 32.2. The number of aromatic nitrogens is 2. The van der Waals surface area contributed by atoms with Crippen LogP contribution < -0.4 is 10.6 Å². The molecule has 0 spiro atoms. The van der Waals surface area contributed by atoms with E-state index in [0.717, 1.165) is 43.7 Å². The molecular formula is C14H24N6S. The maximum Gasteiger partial charge on any atom is 0.193 e. The molecule has 2 rings (SSSR count). The summed E-state index contributed by atoms with van der Waals surface area (Å²) in [6.45, 7) is 8.22. The van der Waals surface area contributed by atoms with Crippen LogP contribution in [0.1, 0.15) is 13.8 Å². The van der Waals surface area contributed by atoms with Gasteiger partial charge in [-0.3, -0.25) is 9.98 Å². The van der Waals surface area contributed by atoms with E-state index in [0.29, 0.717) is 0 Å². The van der Waals surface area contributed by atoms with Crippen molar-refractivity contribution >= 4 is 23.5 Å². The molecule has 0 bridgehead atoms. The second kappa shape index (κ2) is 7.49. The van der Waals surface area contributed by atoms with E-state index < -0.39 is 0 Å². The zero-order valence-corrected chi connectivity index (χ0v) is 13.8. The summed E-state index contributed by atoms with van der Waals surface area (Å²) in [5, 5.41) is 6.63. The SMILES string of the molecule is CN=C(NCCNc1cnccn1)N1CCSC(C)(C)C1. The molecule has 0 aromatic carbocycles. The van der Waals surface area contributed by atoms with Crippen LogP contribution in [0.4, 0.5) is 5.82 Å². The molecule has 1 aliphatic heterocycles. The number of guanidine groups is 1. The lowest BCUT2D eigenvalue weighted by Crippen LogP contribution is -2.51. The van der Waals surface area contributed by atoms with Crippen LogP contribution in [0.15, 0.2) is 23.6 Å². The van der Waals surface area contributed by atoms with Crippen molar-refractivity contribution in [2.45, 2.75) is 18.6 Å². The number of rotatable bonds is 4. The Kier molecular flexibility index (Phi) is 5.67. The van der Waals surface area contributed by atoms with E-state index in [1.807, 2.05) is 18.8 Å². The molecule has 1 saturated heterocycles. The third-order valence-corrected chi connectivity index (χ3v) is 4.51. The largest absolute Gasteiger partial charge is 0.367 e. The molecule has 1 aliphatic rings. The molecule has 116 valence electrons. The van der Waals surface area contributed by atoms with Gasteiger partial charge in [-0.2, -0.15) is 11.8 Å². The van der Waals surface area contributed by atoms with Crippen LogP contribution in [0.3, 0.4) is 0 Å². The molecule has 0 unspecified atom stereocenters. The first-order chi connectivity index (χ1) is 10.1. The molecule has 0 amide bonds. The Morgan fingerprint density at radius 3 is 2.95 bits per heavy atom. The smallest absolute Gasteiger partial charge is 0.193 e. The average Bonchev–Trinajstić information content (AvgIpc) is 2.47. The van der Waals surface area contributed by atoms with Crippen LogP contribution in [-0.2, 0) is 0 Å². The van der Waals surface area contributed by atoms with Crippen LogP contribution in [0.2, 0.25) is 0 Å². The van der Waals surface area contributed by atoms with Crippen molar-refractivity contribution in [2.24, 2.45) is 4.99 Å². The molecule has 6 nitrogen and oxygen atoms in total. The molecule has 1 aromatic rings. The predicted molar refractivity (Wildman–Crippen MR) is 90.0 cm³/mol. The highest BCUT2D eigenvalue weighted by molar-refractivity contribution is 8.00. The van der Waals surface area contributed by atoms with E-state index in [1.54, 1.807) is 18.6 Å². The van der Waals surface area contributed by atoms with Crippen LogP contribution in [-0.4, -0.2) is 64.6 Å². The van der Waals surface area contributed by atoms with Gasteiger partial charge in [-0.05, 0) is 13.8 Å². The summed E-state index contributed by atoms with van der Waals surface area (Å²) < 4.78 is 0.285. The summed E-state index contributed by atoms with van der Waals surface area (Å²) in [5.74, 6) is 2.92. The van der Waals surface area contributed by atoms with E-state index in [9.17, 15) is 0 Å². The monoisotopic (exact) mass is 308 g/mol. The first-order valence-electron chi connectivity index (χ1n) is 7.20. The molecule has 7 heteroatoms. The molecule has 21 heavy (non-hydrogen) atoms. The summed E-state index contributed by atoms with van der Waals surface area (Å²) in [5.41, 5.74) is 0. The molecule has 0 atom stereocenters. The average molecular weight is 308 g/mol. The van der Waals surface area contributed by atoms with Gasteiger partial charge < -0.3 is 15.5 Å². The summed E-state index contributed by atoms with van der Waals surface area (Å²) in [7, 11) is 1.84. The Bertz CT molecular complexity index is 462. The van der Waals surface area contributed by atoms with Gasteiger partial charge in [0.15, 0.2) is 5.96 Å². The van der Waals surface area contributed by atoms with Gasteiger partial charge in [0.2, 0.25) is 0 Å². The molecular weight excluding hydrogens is 284 g/mol. The van der Waals surface area contributed by atoms with Crippen LogP contribution in [0.25, 0.3) is 0 Å². The minimum atomic E-state index is 0.285. The Morgan fingerprint density at radius 1 is 1.43 bits per heavy atom. The van der Waals surface area contributed by atoms with E-state index >= 15 is 0 Å². The Balaban J connectivity index is 1.75. The number of anilines is 1. The fourth-order valence-corrected chi connectivity index (χ4v) is 3.40. The van der Waals surface area contributed by atoms with Gasteiger partial charge in [0, 0.05) is 56.1 Å². The second-order valence-corrected chi connectivity index (χ2v) is 7.32. The van der Waals surface area contributed by atoms with Gasteiger partial charge in [0.1, 0.15) is 5.82 Å².